The predicted molar refractivity (Wildman–Crippen MR) is 137 cm³/mol. The van der Waals surface area contributed by atoms with Crippen LogP contribution in [0, 0.1) is 0 Å². The van der Waals surface area contributed by atoms with Crippen LogP contribution in [0.2, 0.25) is 0 Å². The summed E-state index contributed by atoms with van der Waals surface area (Å²) in [5.41, 5.74) is 0. The molecular weight excluding hydrogens is 607 g/mol. The molecule has 6 heteroatoms. The summed E-state index contributed by atoms with van der Waals surface area (Å²) in [6.07, 6.45) is 16.0. The fourth-order valence-corrected chi connectivity index (χ4v) is 13.5. The Labute approximate surface area is 240 Å². The molecule has 192 valence electrons. The quantitative estimate of drug-likeness (QED) is 0.314. The smallest absolute Gasteiger partial charge is 1.00 e. The van der Waals surface area contributed by atoms with Gasteiger partial charge in [0.2, 0.25) is 0 Å². The third-order valence-electron chi connectivity index (χ3n) is 4.76. The molecule has 0 spiro atoms. The van der Waals surface area contributed by atoms with Crippen molar-refractivity contribution in [2.75, 3.05) is 0 Å². The Morgan fingerprint density at radius 3 is 0.875 bits per heavy atom. The van der Waals surface area contributed by atoms with Gasteiger partial charge in [0.1, 0.15) is 0 Å². The average molecular weight is 654 g/mol. The number of allylic oxidation sites excluding steroid dienone is 8. The zero-order valence-electron chi connectivity index (χ0n) is 22.2. The van der Waals surface area contributed by atoms with E-state index in [0.29, 0.717) is 20.6 Å². The third-order valence-corrected chi connectivity index (χ3v) is 11.9. The summed E-state index contributed by atoms with van der Waals surface area (Å²) in [6, 6.07) is 0. The molecule has 2 aliphatic carbocycles. The van der Waals surface area contributed by atoms with Crippen LogP contribution in [0.5, 0.6) is 0 Å². The first-order valence-electron chi connectivity index (χ1n) is 10.8. The van der Waals surface area contributed by atoms with Crippen molar-refractivity contribution >= 4 is 15.8 Å². The van der Waals surface area contributed by atoms with Gasteiger partial charge in [-0.25, -0.2) is 0 Å². The average Bonchev–Trinajstić information content (AvgIpc) is 3.06. The Balaban J connectivity index is -0.000000218. The van der Waals surface area contributed by atoms with E-state index in [-0.39, 0.29) is 78.1 Å². The molecule has 0 radical (unpaired) electrons. The van der Waals surface area contributed by atoms with E-state index in [1.54, 1.807) is 10.6 Å². The van der Waals surface area contributed by atoms with Gasteiger partial charge in [-0.3, -0.25) is 0 Å². The van der Waals surface area contributed by atoms with Crippen molar-refractivity contribution in [1.82, 2.24) is 0 Å². The van der Waals surface area contributed by atoms with Crippen LogP contribution in [-0.2, 0) is 37.5 Å². The van der Waals surface area contributed by atoms with Gasteiger partial charge in [0.25, 0.3) is 0 Å². The van der Waals surface area contributed by atoms with E-state index in [0.717, 1.165) is 0 Å². The second kappa shape index (κ2) is 15.6. The molecule has 32 heavy (non-hydrogen) atoms. The fraction of sp³-hybridized carbons (Fsp3) is 0.692. The molecule has 0 atom stereocenters. The first-order chi connectivity index (χ1) is 12.5. The van der Waals surface area contributed by atoms with Crippen LogP contribution in [-0.4, -0.2) is 20.6 Å². The Kier molecular flexibility index (Phi) is 19.9. The summed E-state index contributed by atoms with van der Waals surface area (Å²) in [6.45, 7) is 28.5. The maximum Gasteiger partial charge on any atom is 2.00 e. The van der Waals surface area contributed by atoms with Gasteiger partial charge in [-0.15, -0.1) is 0 Å². The molecule has 0 unspecified atom stereocenters. The van der Waals surface area contributed by atoms with Crippen LogP contribution in [0.3, 0.4) is 0 Å². The van der Waals surface area contributed by atoms with E-state index in [1.165, 1.54) is 12.8 Å². The number of rotatable bonds is 2. The summed E-state index contributed by atoms with van der Waals surface area (Å²) in [7, 11) is -0.0905. The molecule has 0 fully saturated rings. The van der Waals surface area contributed by atoms with Gasteiger partial charge in [0.15, 0.2) is 0 Å². The summed E-state index contributed by atoms with van der Waals surface area (Å²) in [4.78, 5) is 0. The van der Waals surface area contributed by atoms with Crippen molar-refractivity contribution in [3.63, 3.8) is 0 Å². The summed E-state index contributed by atoms with van der Waals surface area (Å²) in [5, 5.41) is 5.02. The van der Waals surface area contributed by atoms with E-state index in [1.807, 2.05) is 0 Å². The van der Waals surface area contributed by atoms with Crippen molar-refractivity contribution in [1.29, 1.82) is 0 Å². The summed E-state index contributed by atoms with van der Waals surface area (Å²) < 4.78 is 0. The zero-order valence-corrected chi connectivity index (χ0v) is 28.2. The molecule has 0 aromatic heterocycles. The zero-order chi connectivity index (χ0) is 22.0. The van der Waals surface area contributed by atoms with Crippen LogP contribution >= 0.6 is 15.8 Å². The molecule has 0 saturated heterocycles. The third kappa shape index (κ3) is 13.0. The van der Waals surface area contributed by atoms with E-state index in [9.17, 15) is 0 Å². The molecule has 2 aliphatic rings. The van der Waals surface area contributed by atoms with Gasteiger partial charge < -0.3 is 24.8 Å². The molecule has 0 bridgehead atoms. The maximum absolute atomic E-state index is 2.38. The number of halogens is 2. The van der Waals surface area contributed by atoms with Crippen LogP contribution in [0.4, 0.5) is 0 Å². The molecule has 0 aromatic carbocycles. The molecule has 0 heterocycles. The standard InChI is InChI=1S/2C13H23P.2ClH.Fe.Pd/c2*1-12(2,3)14(13(4,5)6)11-9-7-8-10-11;;;;/h2*7-9H,10H2,1-6H3;2*1H;;/q;;;;;+2/p-2. The molecule has 0 amide bonds. The molecule has 0 saturated carbocycles. The fourth-order valence-electron chi connectivity index (χ4n) is 4.94. The molecule has 0 aliphatic heterocycles. The second-order valence-electron chi connectivity index (χ2n) is 11.9. The molecule has 2 rings (SSSR count). The van der Waals surface area contributed by atoms with Crippen LogP contribution in [0.25, 0.3) is 0 Å². The Morgan fingerprint density at radius 1 is 0.531 bits per heavy atom. The summed E-state index contributed by atoms with van der Waals surface area (Å²) >= 11 is 0. The van der Waals surface area contributed by atoms with Crippen LogP contribution in [0.15, 0.2) is 47.1 Å². The van der Waals surface area contributed by atoms with Gasteiger partial charge >= 0.3 is 20.4 Å². The normalized spacial score (nSPS) is 15.6. The number of hydrogen-bond donors (Lipinski definition) is 0. The first-order valence-corrected chi connectivity index (χ1v) is 13.5. The van der Waals surface area contributed by atoms with Gasteiger partial charge in [-0.1, -0.05) is 135 Å². The van der Waals surface area contributed by atoms with Crippen LogP contribution < -0.4 is 24.8 Å². The molecule has 0 N–H and O–H groups in total. The Bertz CT molecular complexity index is 569. The van der Waals surface area contributed by atoms with Gasteiger partial charge in [0, 0.05) is 17.1 Å². The monoisotopic (exact) mass is 652 g/mol. The minimum Gasteiger partial charge on any atom is -1.00 e. The Morgan fingerprint density at radius 2 is 0.750 bits per heavy atom. The van der Waals surface area contributed by atoms with Gasteiger partial charge in [-0.2, -0.15) is 0 Å². The molecule has 0 nitrogen and oxygen atoms in total. The predicted octanol–water partition coefficient (Wildman–Crippen LogP) is 3.82. The number of hydrogen-bond acceptors (Lipinski definition) is 0. The van der Waals surface area contributed by atoms with Crippen LogP contribution in [0.1, 0.15) is 95.9 Å². The SMILES string of the molecule is CC(C)(C)P(C1=CC=CC1)C(C)(C)C.CC(C)(C)P(C1=CC=CC1)C(C)(C)C.[Cl-].[Cl-].[Fe].[Pd+2]. The Hall–Kier alpha value is 1.58. The van der Waals surface area contributed by atoms with Crippen molar-refractivity contribution in [3.05, 3.63) is 47.1 Å². The van der Waals surface area contributed by atoms with E-state index in [4.69, 9.17) is 0 Å². The van der Waals surface area contributed by atoms with Gasteiger partial charge in [-0.05, 0) is 44.1 Å². The maximum atomic E-state index is 2.38. The van der Waals surface area contributed by atoms with E-state index >= 15 is 0 Å². The molecular formula is C26H46Cl2FeP2Pd. The summed E-state index contributed by atoms with van der Waals surface area (Å²) in [5.74, 6) is 0. The van der Waals surface area contributed by atoms with Crippen molar-refractivity contribution < 1.29 is 62.3 Å². The van der Waals surface area contributed by atoms with E-state index < -0.39 is 0 Å². The van der Waals surface area contributed by atoms with E-state index in [2.05, 4.69) is 120 Å². The van der Waals surface area contributed by atoms with Crippen molar-refractivity contribution in [3.8, 4) is 0 Å². The minimum atomic E-state index is -0.0453. The van der Waals surface area contributed by atoms with Crippen molar-refractivity contribution in [2.24, 2.45) is 0 Å². The minimum absolute atomic E-state index is 0. The second-order valence-corrected chi connectivity index (χ2v) is 19.8. The molecule has 0 aromatic rings. The van der Waals surface area contributed by atoms with Gasteiger partial charge in [0.05, 0.1) is 0 Å². The van der Waals surface area contributed by atoms with Crippen molar-refractivity contribution in [2.45, 2.75) is 117 Å². The largest absolute Gasteiger partial charge is 2.00 e. The first kappa shape index (κ1) is 40.7. The topological polar surface area (TPSA) is 0 Å².